The number of hydrogen-bond donors (Lipinski definition) is 2. The molecule has 0 spiro atoms. The minimum atomic E-state index is -1.19. The second-order valence-electron chi connectivity index (χ2n) is 8.74. The Kier molecular flexibility index (Phi) is 6.86. The molecule has 1 amide bonds. The van der Waals surface area contributed by atoms with E-state index in [2.05, 4.69) is 44.9 Å². The Morgan fingerprint density at radius 2 is 2.03 bits per heavy atom. The third-order valence-corrected chi connectivity index (χ3v) is 5.99. The number of amides is 1. The SMILES string of the molecule is CC(C)NC(=O)c1cn(COCC[Si](C)(C)C)c2ncc(Oc3nccc(N)n3)nc12. The molecule has 31 heavy (non-hydrogen) atoms. The molecule has 166 valence electrons. The van der Waals surface area contributed by atoms with Crippen molar-refractivity contribution in [1.29, 1.82) is 0 Å². The number of hydrogen-bond acceptors (Lipinski definition) is 8. The minimum Gasteiger partial charge on any atom is -0.403 e. The lowest BCUT2D eigenvalue weighted by Crippen LogP contribution is -2.30. The summed E-state index contributed by atoms with van der Waals surface area (Å²) in [5.74, 6) is 0.194. The molecule has 3 heterocycles. The van der Waals surface area contributed by atoms with Crippen molar-refractivity contribution in [3.05, 3.63) is 30.2 Å². The maximum atomic E-state index is 12.7. The average molecular weight is 444 g/mol. The highest BCUT2D eigenvalue weighted by Gasteiger charge is 2.20. The summed E-state index contributed by atoms with van der Waals surface area (Å²) >= 11 is 0. The zero-order valence-electron chi connectivity index (χ0n) is 18.5. The molecule has 0 saturated carbocycles. The number of nitrogens with one attached hydrogen (secondary N) is 1. The number of anilines is 1. The Labute approximate surface area is 182 Å². The van der Waals surface area contributed by atoms with Crippen LogP contribution in [0, 0.1) is 0 Å². The summed E-state index contributed by atoms with van der Waals surface area (Å²) in [6, 6.07) is 2.64. The Hall–Kier alpha value is -3.05. The number of fused-ring (bicyclic) bond motifs is 1. The van der Waals surface area contributed by atoms with E-state index in [4.69, 9.17) is 15.2 Å². The van der Waals surface area contributed by atoms with Crippen LogP contribution in [0.15, 0.2) is 24.7 Å². The molecule has 3 N–H and O–H groups in total. The van der Waals surface area contributed by atoms with Crippen molar-refractivity contribution in [3.8, 4) is 11.9 Å². The van der Waals surface area contributed by atoms with Crippen molar-refractivity contribution in [2.24, 2.45) is 0 Å². The van der Waals surface area contributed by atoms with Gasteiger partial charge in [0.05, 0.1) is 11.8 Å². The van der Waals surface area contributed by atoms with Crippen molar-refractivity contribution in [2.75, 3.05) is 12.3 Å². The van der Waals surface area contributed by atoms with Gasteiger partial charge in [0.1, 0.15) is 18.1 Å². The monoisotopic (exact) mass is 443 g/mol. The first kappa shape index (κ1) is 22.6. The van der Waals surface area contributed by atoms with Crippen LogP contribution in [0.25, 0.3) is 11.2 Å². The molecule has 11 heteroatoms. The van der Waals surface area contributed by atoms with Gasteiger partial charge in [-0.15, -0.1) is 0 Å². The fourth-order valence-corrected chi connectivity index (χ4v) is 3.48. The Morgan fingerprint density at radius 1 is 1.26 bits per heavy atom. The lowest BCUT2D eigenvalue weighted by Gasteiger charge is -2.15. The molecule has 10 nitrogen and oxygen atoms in total. The van der Waals surface area contributed by atoms with Gasteiger partial charge < -0.3 is 25.1 Å². The van der Waals surface area contributed by atoms with Crippen LogP contribution in [0.5, 0.6) is 11.9 Å². The molecule has 0 aromatic carbocycles. The summed E-state index contributed by atoms with van der Waals surface area (Å²) < 4.78 is 13.2. The smallest absolute Gasteiger partial charge is 0.325 e. The maximum absolute atomic E-state index is 12.7. The number of nitrogen functional groups attached to an aromatic ring is 1. The van der Waals surface area contributed by atoms with Crippen LogP contribution in [0.4, 0.5) is 5.82 Å². The van der Waals surface area contributed by atoms with Crippen LogP contribution in [0.2, 0.25) is 25.7 Å². The molecule has 0 bridgehead atoms. The van der Waals surface area contributed by atoms with Crippen LogP contribution in [-0.4, -0.2) is 51.1 Å². The Morgan fingerprint density at radius 3 is 2.71 bits per heavy atom. The van der Waals surface area contributed by atoms with Crippen molar-refractivity contribution in [1.82, 2.24) is 29.8 Å². The topological polar surface area (TPSA) is 130 Å². The van der Waals surface area contributed by atoms with Gasteiger partial charge in [0, 0.05) is 33.1 Å². The molecule has 3 aromatic rings. The van der Waals surface area contributed by atoms with Gasteiger partial charge in [-0.25, -0.2) is 15.0 Å². The first-order chi connectivity index (χ1) is 14.6. The third-order valence-electron chi connectivity index (χ3n) is 4.29. The highest BCUT2D eigenvalue weighted by molar-refractivity contribution is 6.76. The van der Waals surface area contributed by atoms with E-state index in [0.29, 0.717) is 23.3 Å². The molecule has 3 aromatic heterocycles. The molecule has 0 atom stereocenters. The summed E-state index contributed by atoms with van der Waals surface area (Å²) in [7, 11) is -1.19. The molecule has 0 aliphatic carbocycles. The predicted octanol–water partition coefficient (Wildman–Crippen LogP) is 3.05. The molecular formula is C20H29N7O3Si. The normalized spacial score (nSPS) is 11.8. The third kappa shape index (κ3) is 6.21. The molecule has 0 radical (unpaired) electrons. The first-order valence-electron chi connectivity index (χ1n) is 10.1. The fourth-order valence-electron chi connectivity index (χ4n) is 2.73. The van der Waals surface area contributed by atoms with Gasteiger partial charge in [0.15, 0.2) is 5.65 Å². The van der Waals surface area contributed by atoms with E-state index in [1.165, 1.54) is 12.4 Å². The van der Waals surface area contributed by atoms with E-state index in [9.17, 15) is 4.79 Å². The van der Waals surface area contributed by atoms with Crippen LogP contribution in [0.1, 0.15) is 24.2 Å². The molecule has 0 aliphatic rings. The van der Waals surface area contributed by atoms with Crippen LogP contribution >= 0.6 is 0 Å². The predicted molar refractivity (Wildman–Crippen MR) is 121 cm³/mol. The molecule has 0 aliphatic heterocycles. The standard InChI is InChI=1S/C20H29N7O3Si/c1-13(2)24-19(28)14-11-27(12-29-8-9-31(3,4)5)18-17(14)26-16(10-23-18)30-20-22-7-6-15(21)25-20/h6-7,10-11,13H,8-9,12H2,1-5H3,(H,24,28)(H2,21,22,25). The van der Waals surface area contributed by atoms with E-state index >= 15 is 0 Å². The zero-order valence-corrected chi connectivity index (χ0v) is 19.5. The number of nitrogens with zero attached hydrogens (tertiary/aromatic N) is 5. The molecule has 3 rings (SSSR count). The highest BCUT2D eigenvalue weighted by Crippen LogP contribution is 2.23. The minimum absolute atomic E-state index is 0.0213. The van der Waals surface area contributed by atoms with Crippen molar-refractivity contribution in [2.45, 2.75) is 52.3 Å². The lowest BCUT2D eigenvalue weighted by molar-refractivity contribution is 0.0890. The fraction of sp³-hybridized carbons (Fsp3) is 0.450. The van der Waals surface area contributed by atoms with Crippen molar-refractivity contribution >= 4 is 31.0 Å². The van der Waals surface area contributed by atoms with E-state index in [1.54, 1.807) is 16.8 Å². The number of nitrogens with two attached hydrogens (primary N) is 1. The molecule has 0 saturated heterocycles. The van der Waals surface area contributed by atoms with Gasteiger partial charge in [0.25, 0.3) is 5.91 Å². The van der Waals surface area contributed by atoms with Crippen molar-refractivity contribution < 1.29 is 14.3 Å². The highest BCUT2D eigenvalue weighted by atomic mass is 28.3. The van der Waals surface area contributed by atoms with Crippen LogP contribution in [0.3, 0.4) is 0 Å². The second kappa shape index (κ2) is 9.39. The van der Waals surface area contributed by atoms with Crippen LogP contribution < -0.4 is 15.8 Å². The molecule has 0 fully saturated rings. The van der Waals surface area contributed by atoms with Gasteiger partial charge in [-0.2, -0.15) is 4.98 Å². The lowest BCUT2D eigenvalue weighted by atomic mass is 10.2. The Bertz CT molecular complexity index is 1060. The summed E-state index contributed by atoms with van der Waals surface area (Å²) in [6.45, 7) is 11.6. The van der Waals surface area contributed by atoms with E-state index in [1.807, 2.05) is 13.8 Å². The number of aromatic nitrogens is 5. The van der Waals surface area contributed by atoms with Gasteiger partial charge >= 0.3 is 6.01 Å². The number of rotatable bonds is 9. The molecule has 0 unspecified atom stereocenters. The van der Waals surface area contributed by atoms with E-state index in [0.717, 1.165) is 6.04 Å². The van der Waals surface area contributed by atoms with E-state index < -0.39 is 8.07 Å². The number of carbonyl (C=O) groups is 1. The van der Waals surface area contributed by atoms with E-state index in [-0.39, 0.29) is 36.4 Å². The zero-order chi connectivity index (χ0) is 22.6. The van der Waals surface area contributed by atoms with Crippen molar-refractivity contribution in [3.63, 3.8) is 0 Å². The summed E-state index contributed by atoms with van der Waals surface area (Å²) in [5, 5.41) is 2.89. The largest absolute Gasteiger partial charge is 0.403 e. The molecular weight excluding hydrogens is 414 g/mol. The van der Waals surface area contributed by atoms with Gasteiger partial charge in [-0.05, 0) is 26.0 Å². The number of carbonyl (C=O) groups excluding carboxylic acids is 1. The first-order valence-corrected chi connectivity index (χ1v) is 13.8. The maximum Gasteiger partial charge on any atom is 0.325 e. The summed E-state index contributed by atoms with van der Waals surface area (Å²) in [4.78, 5) is 29.7. The Balaban J connectivity index is 1.89. The quantitative estimate of drug-likeness (QED) is 0.381. The van der Waals surface area contributed by atoms with Gasteiger partial charge in [-0.3, -0.25) is 4.79 Å². The summed E-state index contributed by atoms with van der Waals surface area (Å²) in [5.41, 5.74) is 7.00. The second-order valence-corrected chi connectivity index (χ2v) is 14.4. The summed E-state index contributed by atoms with van der Waals surface area (Å²) in [6.07, 6.45) is 4.65. The van der Waals surface area contributed by atoms with Gasteiger partial charge in [-0.1, -0.05) is 19.6 Å². The van der Waals surface area contributed by atoms with Gasteiger partial charge in [0.2, 0.25) is 5.88 Å². The number of ether oxygens (including phenoxy) is 2. The van der Waals surface area contributed by atoms with Crippen LogP contribution in [-0.2, 0) is 11.5 Å². The average Bonchev–Trinajstić information content (AvgIpc) is 3.02.